The molecule has 0 fully saturated rings. The number of benzene rings is 1. The van der Waals surface area contributed by atoms with Crippen molar-refractivity contribution >= 4 is 34.6 Å². The van der Waals surface area contributed by atoms with E-state index in [1.54, 1.807) is 18.2 Å². The minimum atomic E-state index is -0.887. The Hall–Kier alpha value is -2.08. The molecule has 7 heteroatoms. The van der Waals surface area contributed by atoms with E-state index in [-0.39, 0.29) is 12.8 Å². The highest BCUT2D eigenvalue weighted by molar-refractivity contribution is 6.31. The van der Waals surface area contributed by atoms with Gasteiger partial charge in [-0.15, -0.1) is 0 Å². The topological polar surface area (TPSA) is 92.4 Å². The molecule has 1 heterocycles. The number of hydrogen-bond acceptors (Lipinski definition) is 3. The summed E-state index contributed by atoms with van der Waals surface area (Å²) in [6.07, 6.45) is 0.987. The summed E-state index contributed by atoms with van der Waals surface area (Å²) in [5, 5.41) is 18.1. The monoisotopic (exact) mass is 310 g/mol. The van der Waals surface area contributed by atoms with Crippen molar-refractivity contribution in [3.8, 4) is 0 Å². The molecule has 0 radical (unpaired) electrons. The van der Waals surface area contributed by atoms with Crippen LogP contribution in [0.5, 0.6) is 0 Å². The number of rotatable bonds is 7. The molecule has 0 unspecified atom stereocenters. The van der Waals surface area contributed by atoms with Crippen LogP contribution in [0.4, 0.5) is 0 Å². The van der Waals surface area contributed by atoms with E-state index in [2.05, 4.69) is 4.98 Å². The number of carbonyl (C=O) groups is 2. The number of imidazole rings is 1. The fraction of sp³-hybridized carbons (Fsp3) is 0.357. The zero-order valence-electron chi connectivity index (χ0n) is 11.3. The van der Waals surface area contributed by atoms with Gasteiger partial charge in [-0.05, 0) is 24.6 Å². The normalized spacial score (nSPS) is 10.9. The second kappa shape index (κ2) is 6.58. The van der Waals surface area contributed by atoms with Gasteiger partial charge in [0, 0.05) is 24.4 Å². The summed E-state index contributed by atoms with van der Waals surface area (Å²) in [6.45, 7) is 0.301. The van der Waals surface area contributed by atoms with Gasteiger partial charge in [0.1, 0.15) is 5.82 Å². The summed E-state index contributed by atoms with van der Waals surface area (Å²) < 4.78 is 1.82. The number of nitrogens with zero attached hydrogens (tertiary/aromatic N) is 2. The molecular weight excluding hydrogens is 296 g/mol. The zero-order valence-corrected chi connectivity index (χ0v) is 12.0. The summed E-state index contributed by atoms with van der Waals surface area (Å²) in [7, 11) is 0. The Morgan fingerprint density at radius 1 is 1.19 bits per heavy atom. The summed E-state index contributed by atoms with van der Waals surface area (Å²) in [6, 6.07) is 5.24. The quantitative estimate of drug-likeness (QED) is 0.820. The van der Waals surface area contributed by atoms with Crippen molar-refractivity contribution in [3.63, 3.8) is 0 Å². The lowest BCUT2D eigenvalue weighted by Crippen LogP contribution is -2.09. The van der Waals surface area contributed by atoms with Crippen molar-refractivity contribution in [1.29, 1.82) is 0 Å². The Bertz CT molecular complexity index is 681. The minimum absolute atomic E-state index is 0.0139. The molecule has 0 saturated heterocycles. The van der Waals surface area contributed by atoms with Crippen LogP contribution in [0.3, 0.4) is 0 Å². The van der Waals surface area contributed by atoms with E-state index in [1.165, 1.54) is 0 Å². The van der Waals surface area contributed by atoms with Gasteiger partial charge in [0.2, 0.25) is 0 Å². The number of aliphatic carboxylic acids is 2. The van der Waals surface area contributed by atoms with Gasteiger partial charge in [0.25, 0.3) is 0 Å². The molecule has 0 bridgehead atoms. The number of carboxylic acids is 2. The fourth-order valence-corrected chi connectivity index (χ4v) is 2.36. The molecule has 0 atom stereocenters. The van der Waals surface area contributed by atoms with Crippen molar-refractivity contribution in [2.45, 2.75) is 32.2 Å². The first kappa shape index (κ1) is 15.3. The third-order valence-electron chi connectivity index (χ3n) is 3.13. The van der Waals surface area contributed by atoms with E-state index in [0.717, 1.165) is 5.52 Å². The fourth-order valence-electron chi connectivity index (χ4n) is 2.20. The van der Waals surface area contributed by atoms with Crippen LogP contribution < -0.4 is 0 Å². The molecule has 1 aromatic carbocycles. The maximum atomic E-state index is 10.8. The maximum absolute atomic E-state index is 10.8. The van der Waals surface area contributed by atoms with Gasteiger partial charge < -0.3 is 14.8 Å². The lowest BCUT2D eigenvalue weighted by molar-refractivity contribution is -0.138. The molecule has 0 aliphatic rings. The Morgan fingerprint density at radius 2 is 1.90 bits per heavy atom. The lowest BCUT2D eigenvalue weighted by Gasteiger charge is -2.07. The van der Waals surface area contributed by atoms with Gasteiger partial charge in [-0.2, -0.15) is 0 Å². The molecular formula is C14H15ClN2O4. The number of halogens is 1. The number of fused-ring (bicyclic) bond motifs is 1. The van der Waals surface area contributed by atoms with E-state index in [0.29, 0.717) is 35.8 Å². The van der Waals surface area contributed by atoms with Gasteiger partial charge in [0.05, 0.1) is 17.5 Å². The lowest BCUT2D eigenvalue weighted by atomic mass is 10.2. The minimum Gasteiger partial charge on any atom is -0.481 e. The second-order valence-corrected chi connectivity index (χ2v) is 5.14. The molecule has 2 aromatic rings. The molecule has 2 N–H and O–H groups in total. The van der Waals surface area contributed by atoms with Crippen LogP contribution >= 0.6 is 11.6 Å². The number of aromatic nitrogens is 2. The van der Waals surface area contributed by atoms with Gasteiger partial charge in [0.15, 0.2) is 0 Å². The van der Waals surface area contributed by atoms with E-state index >= 15 is 0 Å². The Morgan fingerprint density at radius 3 is 2.57 bits per heavy atom. The van der Waals surface area contributed by atoms with E-state index in [1.807, 2.05) is 4.57 Å². The summed E-state index contributed by atoms with van der Waals surface area (Å²) in [5.41, 5.74) is 1.50. The summed E-state index contributed by atoms with van der Waals surface area (Å²) >= 11 is 5.93. The van der Waals surface area contributed by atoms with Crippen LogP contribution in [0.25, 0.3) is 11.0 Å². The third kappa shape index (κ3) is 3.95. The van der Waals surface area contributed by atoms with Crippen LogP contribution in [0.2, 0.25) is 5.02 Å². The highest BCUT2D eigenvalue weighted by Gasteiger charge is 2.12. The zero-order chi connectivity index (χ0) is 15.4. The van der Waals surface area contributed by atoms with Crippen LogP contribution in [0.15, 0.2) is 18.2 Å². The van der Waals surface area contributed by atoms with Crippen molar-refractivity contribution in [3.05, 3.63) is 29.0 Å². The maximum Gasteiger partial charge on any atom is 0.305 e. The van der Waals surface area contributed by atoms with Crippen molar-refractivity contribution in [2.24, 2.45) is 0 Å². The SMILES string of the molecule is O=C(O)CCCc1nc2cc(Cl)ccc2n1CCC(=O)O. The first-order chi connectivity index (χ1) is 9.97. The predicted octanol–water partition coefficient (Wildman–Crippen LogP) is 2.57. The van der Waals surface area contributed by atoms with Crippen molar-refractivity contribution < 1.29 is 19.8 Å². The van der Waals surface area contributed by atoms with E-state index in [9.17, 15) is 9.59 Å². The molecule has 112 valence electrons. The molecule has 6 nitrogen and oxygen atoms in total. The molecule has 0 aliphatic carbocycles. The molecule has 1 aromatic heterocycles. The number of aryl methyl sites for hydroxylation is 2. The number of hydrogen-bond donors (Lipinski definition) is 2. The first-order valence-corrected chi connectivity index (χ1v) is 6.93. The second-order valence-electron chi connectivity index (χ2n) is 4.70. The summed E-state index contributed by atoms with van der Waals surface area (Å²) in [4.78, 5) is 25.8. The Kier molecular flexibility index (Phi) is 4.80. The molecule has 0 aliphatic heterocycles. The molecule has 0 spiro atoms. The van der Waals surface area contributed by atoms with Gasteiger partial charge >= 0.3 is 11.9 Å². The number of carboxylic acid groups (broad SMARTS) is 2. The highest BCUT2D eigenvalue weighted by Crippen LogP contribution is 2.22. The van der Waals surface area contributed by atoms with Crippen molar-refractivity contribution in [2.75, 3.05) is 0 Å². The Balaban J connectivity index is 2.29. The summed E-state index contributed by atoms with van der Waals surface area (Å²) in [5.74, 6) is -1.05. The van der Waals surface area contributed by atoms with Gasteiger partial charge in [-0.25, -0.2) is 4.98 Å². The molecule has 0 amide bonds. The Labute approximate surface area is 126 Å². The average Bonchev–Trinajstić information content (AvgIpc) is 2.72. The highest BCUT2D eigenvalue weighted by atomic mass is 35.5. The molecule has 0 saturated carbocycles. The van der Waals surface area contributed by atoms with Crippen molar-refractivity contribution in [1.82, 2.24) is 9.55 Å². The van der Waals surface area contributed by atoms with E-state index < -0.39 is 11.9 Å². The first-order valence-electron chi connectivity index (χ1n) is 6.55. The van der Waals surface area contributed by atoms with Crippen LogP contribution in [-0.4, -0.2) is 31.7 Å². The third-order valence-corrected chi connectivity index (χ3v) is 3.36. The standard InChI is InChI=1S/C14H15ClN2O4/c15-9-4-5-11-10(8-9)16-12(2-1-3-13(18)19)17(11)7-6-14(20)21/h4-5,8H,1-3,6-7H2,(H,18,19)(H,20,21). The predicted molar refractivity (Wildman–Crippen MR) is 77.6 cm³/mol. The van der Waals surface area contributed by atoms with Crippen LogP contribution in [-0.2, 0) is 22.6 Å². The smallest absolute Gasteiger partial charge is 0.305 e. The van der Waals surface area contributed by atoms with Gasteiger partial charge in [-0.3, -0.25) is 9.59 Å². The van der Waals surface area contributed by atoms with Crippen LogP contribution in [0.1, 0.15) is 25.1 Å². The largest absolute Gasteiger partial charge is 0.481 e. The van der Waals surface area contributed by atoms with E-state index in [4.69, 9.17) is 21.8 Å². The van der Waals surface area contributed by atoms with Crippen LogP contribution in [0, 0.1) is 0 Å². The molecule has 2 rings (SSSR count). The molecule has 21 heavy (non-hydrogen) atoms. The average molecular weight is 311 g/mol. The van der Waals surface area contributed by atoms with Gasteiger partial charge in [-0.1, -0.05) is 11.6 Å².